The topological polar surface area (TPSA) is 80.5 Å². The molecule has 0 N–H and O–H groups in total. The van der Waals surface area contributed by atoms with Gasteiger partial charge in [-0.05, 0) is 24.3 Å². The molecular weight excluding hydrogens is 359 g/mol. The second kappa shape index (κ2) is 6.98. The Labute approximate surface area is 143 Å². The molecule has 0 unspecified atom stereocenters. The van der Waals surface area contributed by atoms with E-state index in [2.05, 4.69) is 6.58 Å². The van der Waals surface area contributed by atoms with Crippen LogP contribution in [0.2, 0.25) is 5.02 Å². The molecule has 0 bridgehead atoms. The van der Waals surface area contributed by atoms with Crippen molar-refractivity contribution >= 4 is 33.0 Å². The second-order valence-corrected chi connectivity index (χ2v) is 6.89. The van der Waals surface area contributed by atoms with Gasteiger partial charge in [0.1, 0.15) is 5.82 Å². The average molecular weight is 371 g/mol. The SMILES string of the molecule is C=CCN(c1ccc(F)c(Cl)c1)S(=O)(=O)c1ccccc1[N+](=O)[O-]. The van der Waals surface area contributed by atoms with Crippen molar-refractivity contribution < 1.29 is 17.7 Å². The van der Waals surface area contributed by atoms with Gasteiger partial charge in [-0.15, -0.1) is 6.58 Å². The van der Waals surface area contributed by atoms with E-state index >= 15 is 0 Å². The molecular formula is C15H12ClFN2O4S. The van der Waals surface area contributed by atoms with Crippen molar-refractivity contribution in [2.45, 2.75) is 4.90 Å². The number of rotatable bonds is 6. The van der Waals surface area contributed by atoms with Crippen LogP contribution in [0.3, 0.4) is 0 Å². The van der Waals surface area contributed by atoms with Crippen LogP contribution in [-0.4, -0.2) is 19.9 Å². The largest absolute Gasteiger partial charge is 0.289 e. The minimum Gasteiger partial charge on any atom is -0.262 e. The van der Waals surface area contributed by atoms with Crippen LogP contribution >= 0.6 is 11.6 Å². The molecule has 0 atom stereocenters. The van der Waals surface area contributed by atoms with Gasteiger partial charge in [0.25, 0.3) is 15.7 Å². The third-order valence-electron chi connectivity index (χ3n) is 3.12. The van der Waals surface area contributed by atoms with Crippen LogP contribution in [0, 0.1) is 15.9 Å². The molecule has 0 spiro atoms. The molecule has 2 aromatic carbocycles. The summed E-state index contributed by atoms with van der Waals surface area (Å²) in [5.41, 5.74) is -0.487. The first-order valence-electron chi connectivity index (χ1n) is 6.61. The van der Waals surface area contributed by atoms with E-state index in [1.54, 1.807) is 0 Å². The van der Waals surface area contributed by atoms with Crippen molar-refractivity contribution in [1.29, 1.82) is 0 Å². The normalized spacial score (nSPS) is 11.1. The van der Waals surface area contributed by atoms with Crippen LogP contribution in [0.4, 0.5) is 15.8 Å². The zero-order valence-corrected chi connectivity index (χ0v) is 13.8. The van der Waals surface area contributed by atoms with Crippen LogP contribution in [0.15, 0.2) is 60.0 Å². The zero-order chi connectivity index (χ0) is 17.9. The summed E-state index contributed by atoms with van der Waals surface area (Å²) in [6, 6.07) is 8.34. The van der Waals surface area contributed by atoms with Gasteiger partial charge in [0, 0.05) is 6.07 Å². The molecule has 0 heterocycles. The Morgan fingerprint density at radius 3 is 2.54 bits per heavy atom. The summed E-state index contributed by atoms with van der Waals surface area (Å²) >= 11 is 5.71. The molecule has 0 saturated carbocycles. The van der Waals surface area contributed by atoms with Crippen molar-refractivity contribution in [3.8, 4) is 0 Å². The lowest BCUT2D eigenvalue weighted by Gasteiger charge is -2.23. The number of para-hydroxylation sites is 1. The molecule has 6 nitrogen and oxygen atoms in total. The monoisotopic (exact) mass is 370 g/mol. The maximum atomic E-state index is 13.3. The van der Waals surface area contributed by atoms with E-state index in [0.717, 1.165) is 28.6 Å². The van der Waals surface area contributed by atoms with Crippen LogP contribution in [0.5, 0.6) is 0 Å². The van der Waals surface area contributed by atoms with Crippen LogP contribution in [0.1, 0.15) is 0 Å². The number of nitrogens with zero attached hydrogens (tertiary/aromatic N) is 2. The highest BCUT2D eigenvalue weighted by Gasteiger charge is 2.31. The van der Waals surface area contributed by atoms with Gasteiger partial charge in [0.15, 0.2) is 4.90 Å². The van der Waals surface area contributed by atoms with Crippen LogP contribution < -0.4 is 4.31 Å². The molecule has 0 aliphatic carbocycles. The number of hydrogen-bond donors (Lipinski definition) is 0. The maximum Gasteiger partial charge on any atom is 0.289 e. The predicted molar refractivity (Wildman–Crippen MR) is 89.2 cm³/mol. The van der Waals surface area contributed by atoms with Crippen molar-refractivity contribution in [2.24, 2.45) is 0 Å². The van der Waals surface area contributed by atoms with E-state index in [4.69, 9.17) is 11.6 Å². The lowest BCUT2D eigenvalue weighted by atomic mass is 10.3. The summed E-state index contributed by atoms with van der Waals surface area (Å²) in [7, 11) is -4.28. The van der Waals surface area contributed by atoms with Gasteiger partial charge in [-0.3, -0.25) is 14.4 Å². The Morgan fingerprint density at radius 1 is 1.29 bits per heavy atom. The van der Waals surface area contributed by atoms with Crippen molar-refractivity contribution in [2.75, 3.05) is 10.8 Å². The van der Waals surface area contributed by atoms with Gasteiger partial charge in [0.05, 0.1) is 22.2 Å². The summed E-state index contributed by atoms with van der Waals surface area (Å²) in [6.45, 7) is 3.31. The van der Waals surface area contributed by atoms with Gasteiger partial charge < -0.3 is 0 Å². The molecule has 0 fully saturated rings. The third-order valence-corrected chi connectivity index (χ3v) is 5.25. The fraction of sp³-hybridized carbons (Fsp3) is 0.0667. The first-order valence-corrected chi connectivity index (χ1v) is 8.43. The Bertz CT molecular complexity index is 902. The minimum atomic E-state index is -4.28. The maximum absolute atomic E-state index is 13.3. The highest BCUT2D eigenvalue weighted by molar-refractivity contribution is 7.93. The summed E-state index contributed by atoms with van der Waals surface area (Å²) in [6.07, 6.45) is 1.31. The number of nitro groups is 1. The average Bonchev–Trinajstić information content (AvgIpc) is 2.55. The lowest BCUT2D eigenvalue weighted by molar-refractivity contribution is -0.387. The molecule has 126 valence electrons. The molecule has 0 radical (unpaired) electrons. The van der Waals surface area contributed by atoms with Gasteiger partial charge >= 0.3 is 0 Å². The number of nitro benzene ring substituents is 1. The van der Waals surface area contributed by atoms with Crippen molar-refractivity contribution in [1.82, 2.24) is 0 Å². The molecule has 0 saturated heterocycles. The summed E-state index contributed by atoms with van der Waals surface area (Å²) in [5, 5.41) is 10.9. The first kappa shape index (κ1) is 17.9. The Morgan fingerprint density at radius 2 is 1.96 bits per heavy atom. The number of anilines is 1. The summed E-state index contributed by atoms with van der Waals surface area (Å²) in [5.74, 6) is -0.706. The Hall–Kier alpha value is -2.45. The second-order valence-electron chi connectivity index (χ2n) is 4.65. The first-order chi connectivity index (χ1) is 11.3. The molecule has 2 rings (SSSR count). The number of benzene rings is 2. The highest BCUT2D eigenvalue weighted by Crippen LogP contribution is 2.31. The van der Waals surface area contributed by atoms with E-state index < -0.39 is 31.3 Å². The predicted octanol–water partition coefficient (Wildman–Crippen LogP) is 3.77. The molecule has 2 aromatic rings. The van der Waals surface area contributed by atoms with Crippen molar-refractivity contribution in [3.05, 3.63) is 76.1 Å². The number of hydrogen-bond acceptors (Lipinski definition) is 4. The van der Waals surface area contributed by atoms with Gasteiger partial charge in [-0.2, -0.15) is 0 Å². The molecule has 9 heteroatoms. The van der Waals surface area contributed by atoms with Crippen LogP contribution in [-0.2, 0) is 10.0 Å². The Kier molecular flexibility index (Phi) is 5.20. The molecule has 0 aliphatic heterocycles. The fourth-order valence-electron chi connectivity index (χ4n) is 2.04. The molecule has 0 aromatic heterocycles. The summed E-state index contributed by atoms with van der Waals surface area (Å²) in [4.78, 5) is 9.86. The highest BCUT2D eigenvalue weighted by atomic mass is 35.5. The fourth-order valence-corrected chi connectivity index (χ4v) is 3.81. The van der Waals surface area contributed by atoms with E-state index in [1.165, 1.54) is 24.3 Å². The van der Waals surface area contributed by atoms with Gasteiger partial charge in [-0.25, -0.2) is 12.8 Å². The summed E-state index contributed by atoms with van der Waals surface area (Å²) < 4.78 is 40.0. The van der Waals surface area contributed by atoms with Crippen molar-refractivity contribution in [3.63, 3.8) is 0 Å². The third kappa shape index (κ3) is 3.39. The van der Waals surface area contributed by atoms with Gasteiger partial charge in [-0.1, -0.05) is 29.8 Å². The number of sulfonamides is 1. The smallest absolute Gasteiger partial charge is 0.262 e. The van der Waals surface area contributed by atoms with E-state index in [9.17, 15) is 22.9 Å². The van der Waals surface area contributed by atoms with E-state index in [-0.39, 0.29) is 17.3 Å². The van der Waals surface area contributed by atoms with E-state index in [1.807, 2.05) is 0 Å². The van der Waals surface area contributed by atoms with E-state index in [0.29, 0.717) is 0 Å². The molecule has 24 heavy (non-hydrogen) atoms. The quantitative estimate of drug-likeness (QED) is 0.440. The number of halogens is 2. The van der Waals surface area contributed by atoms with Crippen LogP contribution in [0.25, 0.3) is 0 Å². The molecule has 0 aliphatic rings. The Balaban J connectivity index is 2.64. The standard InChI is InChI=1S/C15H12ClFN2O4S/c1-2-9-18(11-7-8-13(17)12(16)10-11)24(22,23)15-6-4-3-5-14(15)19(20)21/h2-8,10H,1,9H2. The molecule has 0 amide bonds. The lowest BCUT2D eigenvalue weighted by Crippen LogP contribution is -2.31. The minimum absolute atomic E-state index is 0.0689. The van der Waals surface area contributed by atoms with Gasteiger partial charge in [0.2, 0.25) is 0 Å². The zero-order valence-electron chi connectivity index (χ0n) is 12.2.